The van der Waals surface area contributed by atoms with Gasteiger partial charge in [-0.1, -0.05) is 18.7 Å². The Morgan fingerprint density at radius 3 is 2.67 bits per heavy atom. The Bertz CT molecular complexity index is 95.1. The van der Waals surface area contributed by atoms with Crippen LogP contribution in [0.4, 0.5) is 0 Å². The first-order valence-electron chi connectivity index (χ1n) is 3.05. The van der Waals surface area contributed by atoms with Crippen molar-refractivity contribution in [2.75, 3.05) is 5.75 Å². The van der Waals surface area contributed by atoms with Gasteiger partial charge in [0.25, 0.3) is 0 Å². The van der Waals surface area contributed by atoms with Gasteiger partial charge in [-0.3, -0.25) is 4.79 Å². The van der Waals surface area contributed by atoms with Crippen LogP contribution in [-0.2, 0) is 4.79 Å². The molecule has 0 rings (SSSR count). The molecule has 0 heterocycles. The first kappa shape index (κ1) is 8.98. The molecule has 1 unspecified atom stereocenters. The van der Waals surface area contributed by atoms with Crippen LogP contribution in [0.15, 0.2) is 0 Å². The number of nitrogens with two attached hydrogens (primary N) is 1. The summed E-state index contributed by atoms with van der Waals surface area (Å²) in [4.78, 5) is 10.4. The number of carbonyl (C=O) groups excluding carboxylic acids is 1. The zero-order valence-corrected chi connectivity index (χ0v) is 6.70. The maximum absolute atomic E-state index is 10.4. The molecule has 2 N–H and O–H groups in total. The molecule has 0 bridgehead atoms. The summed E-state index contributed by atoms with van der Waals surface area (Å²) in [5.41, 5.74) is 5.55. The molecule has 0 fully saturated rings. The fourth-order valence-corrected chi connectivity index (χ4v) is 1.03. The number of hydrogen-bond acceptors (Lipinski definition) is 3. The third-order valence-electron chi connectivity index (χ3n) is 1.03. The Morgan fingerprint density at radius 1 is 1.78 bits per heavy atom. The maximum atomic E-state index is 10.4. The van der Waals surface area contributed by atoms with Crippen molar-refractivity contribution in [1.29, 1.82) is 0 Å². The van der Waals surface area contributed by atoms with E-state index in [4.69, 9.17) is 5.73 Å². The number of carbonyl (C=O) groups is 1. The minimum atomic E-state index is 0.152. The quantitative estimate of drug-likeness (QED) is 0.647. The third-order valence-corrected chi connectivity index (χ3v) is 2.03. The summed E-state index contributed by atoms with van der Waals surface area (Å²) in [5.74, 6) is 0.756. The molecule has 0 aromatic carbocycles. The highest BCUT2D eigenvalue weighted by Gasteiger charge is 2.00. The van der Waals surface area contributed by atoms with Crippen molar-refractivity contribution in [3.63, 3.8) is 0 Å². The average Bonchev–Trinajstić information content (AvgIpc) is 1.83. The number of rotatable bonds is 3. The van der Waals surface area contributed by atoms with Gasteiger partial charge in [0.1, 0.15) is 0 Å². The molecule has 0 saturated heterocycles. The fraction of sp³-hybridized carbons (Fsp3) is 0.833. The van der Waals surface area contributed by atoms with Crippen LogP contribution in [0.3, 0.4) is 0 Å². The Labute approximate surface area is 60.2 Å². The van der Waals surface area contributed by atoms with Gasteiger partial charge in [0.15, 0.2) is 5.12 Å². The molecule has 2 nitrogen and oxygen atoms in total. The van der Waals surface area contributed by atoms with Crippen LogP contribution in [0.5, 0.6) is 0 Å². The van der Waals surface area contributed by atoms with Gasteiger partial charge in [0.05, 0.1) is 0 Å². The summed E-state index contributed by atoms with van der Waals surface area (Å²) in [5, 5.41) is 0.152. The van der Waals surface area contributed by atoms with Crippen LogP contribution in [-0.4, -0.2) is 16.9 Å². The van der Waals surface area contributed by atoms with E-state index in [2.05, 4.69) is 0 Å². The van der Waals surface area contributed by atoms with Crippen molar-refractivity contribution < 1.29 is 4.79 Å². The van der Waals surface area contributed by atoms with E-state index in [9.17, 15) is 4.79 Å². The van der Waals surface area contributed by atoms with Gasteiger partial charge in [-0.2, -0.15) is 0 Å². The Balaban J connectivity index is 3.16. The predicted molar refractivity (Wildman–Crippen MR) is 41.4 cm³/mol. The van der Waals surface area contributed by atoms with Gasteiger partial charge in [-0.25, -0.2) is 0 Å². The summed E-state index contributed by atoms with van der Waals surface area (Å²) >= 11 is 1.30. The minimum absolute atomic E-state index is 0.152. The second-order valence-electron chi connectivity index (χ2n) is 1.97. The molecule has 1 atom stereocenters. The highest BCUT2D eigenvalue weighted by molar-refractivity contribution is 8.13. The van der Waals surface area contributed by atoms with Gasteiger partial charge in [0.2, 0.25) is 0 Å². The molecular formula is C6H13NOS. The normalized spacial score (nSPS) is 13.2. The molecule has 0 aliphatic carbocycles. The highest BCUT2D eigenvalue weighted by Crippen LogP contribution is 2.03. The van der Waals surface area contributed by atoms with Gasteiger partial charge < -0.3 is 5.73 Å². The zero-order chi connectivity index (χ0) is 7.28. The van der Waals surface area contributed by atoms with Crippen molar-refractivity contribution >= 4 is 16.9 Å². The van der Waals surface area contributed by atoms with Gasteiger partial charge in [-0.15, -0.1) is 0 Å². The van der Waals surface area contributed by atoms with Crippen LogP contribution in [0.1, 0.15) is 20.3 Å². The van der Waals surface area contributed by atoms with E-state index in [0.29, 0.717) is 0 Å². The smallest absolute Gasteiger partial charge is 0.185 e. The minimum Gasteiger partial charge on any atom is -0.327 e. The Kier molecular flexibility index (Phi) is 4.81. The van der Waals surface area contributed by atoms with Crippen LogP contribution >= 0.6 is 11.8 Å². The van der Waals surface area contributed by atoms with Crippen molar-refractivity contribution in [2.45, 2.75) is 26.3 Å². The standard InChI is InChI=1S/C6H13NOS/c1-3-6(7)4-9-5(2)8/h6H,3-4,7H2,1-2H3. The highest BCUT2D eigenvalue weighted by atomic mass is 32.2. The molecule has 0 aromatic heterocycles. The lowest BCUT2D eigenvalue weighted by atomic mass is 10.3. The van der Waals surface area contributed by atoms with Gasteiger partial charge in [0, 0.05) is 18.7 Å². The molecule has 9 heavy (non-hydrogen) atoms. The van der Waals surface area contributed by atoms with E-state index >= 15 is 0 Å². The van der Waals surface area contributed by atoms with E-state index in [-0.39, 0.29) is 11.2 Å². The van der Waals surface area contributed by atoms with Crippen molar-refractivity contribution in [3.05, 3.63) is 0 Å². The fourth-order valence-electron chi connectivity index (χ4n) is 0.342. The maximum Gasteiger partial charge on any atom is 0.185 e. The largest absolute Gasteiger partial charge is 0.327 e. The van der Waals surface area contributed by atoms with Crippen molar-refractivity contribution in [3.8, 4) is 0 Å². The Morgan fingerprint density at radius 2 is 2.33 bits per heavy atom. The van der Waals surface area contributed by atoms with E-state index in [0.717, 1.165) is 12.2 Å². The van der Waals surface area contributed by atoms with E-state index in [1.54, 1.807) is 6.92 Å². The Hall–Kier alpha value is -0.0200. The van der Waals surface area contributed by atoms with Crippen LogP contribution in [0, 0.1) is 0 Å². The summed E-state index contributed by atoms with van der Waals surface area (Å²) in [6.07, 6.45) is 0.945. The van der Waals surface area contributed by atoms with E-state index in [1.807, 2.05) is 6.92 Å². The lowest BCUT2D eigenvalue weighted by Gasteiger charge is -2.04. The summed E-state index contributed by atoms with van der Waals surface area (Å²) < 4.78 is 0. The molecule has 0 radical (unpaired) electrons. The van der Waals surface area contributed by atoms with E-state index < -0.39 is 0 Å². The lowest BCUT2D eigenvalue weighted by Crippen LogP contribution is -2.21. The second kappa shape index (κ2) is 4.82. The van der Waals surface area contributed by atoms with Crippen LogP contribution < -0.4 is 5.73 Å². The first-order chi connectivity index (χ1) is 4.16. The zero-order valence-electron chi connectivity index (χ0n) is 5.89. The molecule has 3 heteroatoms. The average molecular weight is 147 g/mol. The number of thioether (sulfide) groups is 1. The molecule has 0 aliphatic heterocycles. The predicted octanol–water partition coefficient (Wildman–Crippen LogP) is 1.00. The van der Waals surface area contributed by atoms with E-state index in [1.165, 1.54) is 11.8 Å². The molecule has 0 aromatic rings. The SMILES string of the molecule is CCC(N)CSC(C)=O. The summed E-state index contributed by atoms with van der Waals surface area (Å²) in [6.45, 7) is 3.58. The first-order valence-corrected chi connectivity index (χ1v) is 4.04. The second-order valence-corrected chi connectivity index (χ2v) is 3.17. The summed E-state index contributed by atoms with van der Waals surface area (Å²) in [6, 6.07) is 0.180. The van der Waals surface area contributed by atoms with Gasteiger partial charge in [-0.05, 0) is 6.42 Å². The third kappa shape index (κ3) is 5.86. The lowest BCUT2D eigenvalue weighted by molar-refractivity contribution is -0.109. The van der Waals surface area contributed by atoms with Crippen LogP contribution in [0.25, 0.3) is 0 Å². The molecule has 0 saturated carbocycles. The van der Waals surface area contributed by atoms with Crippen molar-refractivity contribution in [1.82, 2.24) is 0 Å². The molecule has 0 amide bonds. The topological polar surface area (TPSA) is 43.1 Å². The summed E-state index contributed by atoms with van der Waals surface area (Å²) in [7, 11) is 0. The van der Waals surface area contributed by atoms with Crippen molar-refractivity contribution in [2.24, 2.45) is 5.73 Å². The molecule has 0 aliphatic rings. The monoisotopic (exact) mass is 147 g/mol. The molecular weight excluding hydrogens is 134 g/mol. The molecule has 0 spiro atoms. The number of hydrogen-bond donors (Lipinski definition) is 1. The van der Waals surface area contributed by atoms with Crippen LogP contribution in [0.2, 0.25) is 0 Å². The molecule has 54 valence electrons. The van der Waals surface area contributed by atoms with Gasteiger partial charge >= 0.3 is 0 Å².